The van der Waals surface area contributed by atoms with E-state index in [0.717, 1.165) is 18.4 Å². The number of nitrogens with zero attached hydrogens (tertiary/aromatic N) is 1. The van der Waals surface area contributed by atoms with Gasteiger partial charge in [0.15, 0.2) is 0 Å². The van der Waals surface area contributed by atoms with Gasteiger partial charge >= 0.3 is 0 Å². The molecule has 1 amide bonds. The zero-order valence-corrected chi connectivity index (χ0v) is 19.1. The van der Waals surface area contributed by atoms with Gasteiger partial charge in [-0.2, -0.15) is 0 Å². The van der Waals surface area contributed by atoms with E-state index < -0.39 is 15.9 Å². The van der Waals surface area contributed by atoms with Crippen LogP contribution < -0.4 is 14.4 Å². The average molecular weight is 471 g/mol. The third kappa shape index (κ3) is 4.45. The van der Waals surface area contributed by atoms with Gasteiger partial charge in [0.1, 0.15) is 5.75 Å². The number of carbonyl (C=O) groups excluding carboxylic acids is 1. The van der Waals surface area contributed by atoms with E-state index in [1.165, 1.54) is 16.4 Å². The van der Waals surface area contributed by atoms with Gasteiger partial charge in [0.2, 0.25) is 0 Å². The van der Waals surface area contributed by atoms with Crippen LogP contribution in [0.3, 0.4) is 0 Å². The molecule has 0 aromatic heterocycles. The number of hydrogen-bond acceptors (Lipinski definition) is 4. The van der Waals surface area contributed by atoms with Crippen molar-refractivity contribution in [2.45, 2.75) is 24.7 Å². The third-order valence-electron chi connectivity index (χ3n) is 5.24. The zero-order valence-electron chi connectivity index (χ0n) is 17.5. The van der Waals surface area contributed by atoms with Crippen LogP contribution in [0.5, 0.6) is 5.75 Å². The Bertz CT molecular complexity index is 1260. The summed E-state index contributed by atoms with van der Waals surface area (Å²) < 4.78 is 34.1. The molecule has 0 saturated heterocycles. The number of aryl methyl sites for hydroxylation is 1. The van der Waals surface area contributed by atoms with E-state index >= 15 is 0 Å². The topological polar surface area (TPSA) is 75.7 Å². The molecule has 0 radical (unpaired) electrons. The second-order valence-electron chi connectivity index (χ2n) is 7.36. The van der Waals surface area contributed by atoms with Gasteiger partial charge in [-0.15, -0.1) is 0 Å². The average Bonchev–Trinajstić information content (AvgIpc) is 2.79. The fourth-order valence-electron chi connectivity index (χ4n) is 3.75. The predicted octanol–water partition coefficient (Wildman–Crippen LogP) is 5.13. The lowest BCUT2D eigenvalue weighted by atomic mass is 10.0. The number of carbonyl (C=O) groups is 1. The molecule has 6 nitrogen and oxygen atoms in total. The normalized spacial score (nSPS) is 13.4. The van der Waals surface area contributed by atoms with Crippen molar-refractivity contribution >= 4 is 38.9 Å². The lowest BCUT2D eigenvalue weighted by Gasteiger charge is -2.30. The van der Waals surface area contributed by atoms with Gasteiger partial charge in [-0.1, -0.05) is 35.9 Å². The molecule has 1 heterocycles. The Balaban J connectivity index is 1.71. The Hall–Kier alpha value is -3.03. The van der Waals surface area contributed by atoms with E-state index in [0.29, 0.717) is 35.2 Å². The molecule has 32 heavy (non-hydrogen) atoms. The van der Waals surface area contributed by atoms with Crippen molar-refractivity contribution in [3.05, 3.63) is 82.9 Å². The Labute approximate surface area is 192 Å². The van der Waals surface area contributed by atoms with Crippen LogP contribution in [0.15, 0.2) is 71.6 Å². The summed E-state index contributed by atoms with van der Waals surface area (Å²) in [6.45, 7) is 2.58. The molecule has 1 aliphatic heterocycles. The summed E-state index contributed by atoms with van der Waals surface area (Å²) in [4.78, 5) is 12.8. The van der Waals surface area contributed by atoms with Gasteiger partial charge in [0.25, 0.3) is 15.9 Å². The number of fused-ring (bicyclic) bond motifs is 1. The molecule has 1 N–H and O–H groups in total. The monoisotopic (exact) mass is 470 g/mol. The fraction of sp³-hybridized carbons (Fsp3) is 0.208. The summed E-state index contributed by atoms with van der Waals surface area (Å²) in [7, 11) is -3.83. The van der Waals surface area contributed by atoms with Gasteiger partial charge in [-0.25, -0.2) is 8.42 Å². The van der Waals surface area contributed by atoms with Crippen LogP contribution in [0, 0.1) is 0 Å². The van der Waals surface area contributed by atoms with Crippen molar-refractivity contribution in [1.29, 1.82) is 0 Å². The third-order valence-corrected chi connectivity index (χ3v) is 7.29. The summed E-state index contributed by atoms with van der Waals surface area (Å²) in [5.41, 5.74) is 2.33. The lowest BCUT2D eigenvalue weighted by molar-refractivity contribution is 0.102. The van der Waals surface area contributed by atoms with Gasteiger partial charge in [-0.05, 0) is 67.8 Å². The largest absolute Gasteiger partial charge is 0.492 e. The van der Waals surface area contributed by atoms with Crippen molar-refractivity contribution in [2.75, 3.05) is 22.8 Å². The Morgan fingerprint density at radius 1 is 1.09 bits per heavy atom. The quantitative estimate of drug-likeness (QED) is 0.541. The zero-order chi connectivity index (χ0) is 22.7. The van der Waals surface area contributed by atoms with E-state index in [-0.39, 0.29) is 10.6 Å². The highest BCUT2D eigenvalue weighted by Crippen LogP contribution is 2.34. The highest BCUT2D eigenvalue weighted by atomic mass is 35.5. The first-order valence-corrected chi connectivity index (χ1v) is 12.2. The second kappa shape index (κ2) is 9.22. The number of amides is 1. The number of benzene rings is 3. The maximum Gasteiger partial charge on any atom is 0.264 e. The smallest absolute Gasteiger partial charge is 0.264 e. The number of ether oxygens (including phenoxy) is 1. The van der Waals surface area contributed by atoms with Crippen LogP contribution >= 0.6 is 11.6 Å². The van der Waals surface area contributed by atoms with Gasteiger partial charge in [0, 0.05) is 17.1 Å². The van der Waals surface area contributed by atoms with Gasteiger partial charge < -0.3 is 10.1 Å². The number of para-hydroxylation sites is 1. The summed E-state index contributed by atoms with van der Waals surface area (Å²) in [6.07, 6.45) is 1.58. The number of anilines is 2. The summed E-state index contributed by atoms with van der Waals surface area (Å²) in [5.74, 6) is -0.0211. The first kappa shape index (κ1) is 22.2. The van der Waals surface area contributed by atoms with Crippen molar-refractivity contribution in [3.63, 3.8) is 0 Å². The van der Waals surface area contributed by atoms with E-state index in [4.69, 9.17) is 16.3 Å². The number of sulfonamides is 1. The Kier molecular flexibility index (Phi) is 6.39. The maximum atomic E-state index is 13.5. The van der Waals surface area contributed by atoms with Crippen LogP contribution in [-0.4, -0.2) is 27.5 Å². The van der Waals surface area contributed by atoms with Crippen LogP contribution in [0.4, 0.5) is 11.4 Å². The van der Waals surface area contributed by atoms with Crippen molar-refractivity contribution in [2.24, 2.45) is 0 Å². The van der Waals surface area contributed by atoms with E-state index in [1.54, 1.807) is 30.3 Å². The lowest BCUT2D eigenvalue weighted by Crippen LogP contribution is -2.35. The Morgan fingerprint density at radius 3 is 2.69 bits per heavy atom. The number of nitrogens with one attached hydrogen (secondary N) is 1. The minimum Gasteiger partial charge on any atom is -0.492 e. The maximum absolute atomic E-state index is 13.5. The van der Waals surface area contributed by atoms with Crippen molar-refractivity contribution in [3.8, 4) is 5.75 Å². The van der Waals surface area contributed by atoms with E-state index in [2.05, 4.69) is 5.32 Å². The molecule has 0 spiro atoms. The highest BCUT2D eigenvalue weighted by Gasteiger charge is 2.29. The van der Waals surface area contributed by atoms with Crippen molar-refractivity contribution < 1.29 is 17.9 Å². The molecule has 0 aliphatic carbocycles. The molecule has 0 bridgehead atoms. The van der Waals surface area contributed by atoms with Crippen LogP contribution in [0.1, 0.15) is 29.3 Å². The number of rotatable bonds is 6. The first-order valence-electron chi connectivity index (χ1n) is 10.3. The molecular weight excluding hydrogens is 448 g/mol. The summed E-state index contributed by atoms with van der Waals surface area (Å²) in [5, 5.41) is 3.20. The summed E-state index contributed by atoms with van der Waals surface area (Å²) >= 11 is 6.00. The minimum atomic E-state index is -3.83. The Morgan fingerprint density at radius 2 is 1.91 bits per heavy atom. The molecule has 4 rings (SSSR count). The molecule has 8 heteroatoms. The molecule has 0 unspecified atom stereocenters. The SMILES string of the molecule is CCOc1ccc(S(=O)(=O)N2CCCc3ccccc32)cc1NC(=O)c1cccc(Cl)c1. The number of halogens is 1. The molecule has 166 valence electrons. The van der Waals surface area contributed by atoms with E-state index in [9.17, 15) is 13.2 Å². The fourth-order valence-corrected chi connectivity index (χ4v) is 5.51. The molecule has 0 atom stereocenters. The first-order chi connectivity index (χ1) is 15.4. The molecule has 0 saturated carbocycles. The van der Waals surface area contributed by atoms with Gasteiger partial charge in [0.05, 0.1) is 22.9 Å². The van der Waals surface area contributed by atoms with Crippen LogP contribution in [0.2, 0.25) is 5.02 Å². The van der Waals surface area contributed by atoms with Gasteiger partial charge in [-0.3, -0.25) is 9.10 Å². The van der Waals surface area contributed by atoms with Crippen LogP contribution in [-0.2, 0) is 16.4 Å². The second-order valence-corrected chi connectivity index (χ2v) is 9.66. The molecule has 0 fully saturated rings. The predicted molar refractivity (Wildman–Crippen MR) is 126 cm³/mol. The summed E-state index contributed by atoms with van der Waals surface area (Å²) in [6, 6.07) is 18.6. The molecule has 1 aliphatic rings. The molecule has 3 aromatic carbocycles. The van der Waals surface area contributed by atoms with Crippen LogP contribution in [0.25, 0.3) is 0 Å². The molecule has 3 aromatic rings. The standard InChI is InChI=1S/C24H23ClN2O4S/c1-2-31-23-13-12-20(16-21(23)26-24(28)18-8-5-10-19(25)15-18)32(29,30)27-14-6-9-17-7-3-4-11-22(17)27/h3-5,7-8,10-13,15-16H,2,6,9,14H2,1H3,(H,26,28). The van der Waals surface area contributed by atoms with Crippen molar-refractivity contribution in [1.82, 2.24) is 0 Å². The number of hydrogen-bond donors (Lipinski definition) is 1. The molecular formula is C24H23ClN2O4S. The van der Waals surface area contributed by atoms with E-state index in [1.807, 2.05) is 31.2 Å². The minimum absolute atomic E-state index is 0.0825. The highest BCUT2D eigenvalue weighted by molar-refractivity contribution is 7.92.